The first-order valence-electron chi connectivity index (χ1n) is 4.16. The van der Waals surface area contributed by atoms with Crippen molar-refractivity contribution in [2.45, 2.75) is 0 Å². The van der Waals surface area contributed by atoms with Gasteiger partial charge >= 0.3 is 0 Å². The quantitative estimate of drug-likeness (QED) is 0.671. The van der Waals surface area contributed by atoms with Crippen molar-refractivity contribution in [3.8, 4) is 11.1 Å². The van der Waals surface area contributed by atoms with Crippen molar-refractivity contribution in [3.63, 3.8) is 0 Å². The van der Waals surface area contributed by atoms with E-state index in [1.54, 1.807) is 12.5 Å². The van der Waals surface area contributed by atoms with Gasteiger partial charge in [0.15, 0.2) is 0 Å². The van der Waals surface area contributed by atoms with Crippen molar-refractivity contribution in [3.05, 3.63) is 55.0 Å². The highest BCUT2D eigenvalue weighted by atomic mass is 16.3. The van der Waals surface area contributed by atoms with Crippen molar-refractivity contribution in [1.82, 2.24) is 0 Å². The number of hydrogen-bond donors (Lipinski definition) is 0. The first kappa shape index (κ1) is 7.87. The zero-order chi connectivity index (χ0) is 9.10. The molecule has 1 aromatic carbocycles. The Balaban J connectivity index is 2.57. The third kappa shape index (κ3) is 1.41. The summed E-state index contributed by atoms with van der Waals surface area (Å²) >= 11 is 0. The molecule has 0 N–H and O–H groups in total. The zero-order valence-corrected chi connectivity index (χ0v) is 7.23. The maximum atomic E-state index is 5.03. The molecule has 0 atom stereocenters. The van der Waals surface area contributed by atoms with Gasteiger partial charge in [-0.25, -0.2) is 0 Å². The van der Waals surface area contributed by atoms with Gasteiger partial charge in [0.05, 0.1) is 12.5 Å². The van der Waals surface area contributed by atoms with Gasteiger partial charge in [-0.1, -0.05) is 36.9 Å². The summed E-state index contributed by atoms with van der Waals surface area (Å²) in [5, 5.41) is 0. The van der Waals surface area contributed by atoms with Crippen LogP contribution in [0.25, 0.3) is 17.2 Å². The third-order valence-corrected chi connectivity index (χ3v) is 2.01. The summed E-state index contributed by atoms with van der Waals surface area (Å²) in [5.41, 5.74) is 3.38. The number of benzene rings is 1. The molecule has 0 radical (unpaired) electrons. The normalized spacial score (nSPS) is 9.85. The average Bonchev–Trinajstić information content (AvgIpc) is 2.70. The van der Waals surface area contributed by atoms with Crippen LogP contribution in [0, 0.1) is 0 Å². The van der Waals surface area contributed by atoms with Crippen LogP contribution in [0.5, 0.6) is 0 Å². The summed E-state index contributed by atoms with van der Waals surface area (Å²) in [4.78, 5) is 0. The Hall–Kier alpha value is -1.76. The molecule has 0 unspecified atom stereocenters. The van der Waals surface area contributed by atoms with Crippen molar-refractivity contribution < 1.29 is 4.42 Å². The second kappa shape index (κ2) is 3.31. The van der Waals surface area contributed by atoms with Gasteiger partial charge < -0.3 is 4.42 Å². The van der Waals surface area contributed by atoms with Crippen LogP contribution in [0.15, 0.2) is 53.9 Å². The highest BCUT2D eigenvalue weighted by Crippen LogP contribution is 2.24. The summed E-state index contributed by atoms with van der Waals surface area (Å²) in [6.45, 7) is 3.77. The summed E-state index contributed by atoms with van der Waals surface area (Å²) in [6.07, 6.45) is 5.26. The van der Waals surface area contributed by atoms with E-state index in [0.717, 1.165) is 16.7 Å². The van der Waals surface area contributed by atoms with E-state index in [1.165, 1.54) is 0 Å². The van der Waals surface area contributed by atoms with Gasteiger partial charge in [0.25, 0.3) is 0 Å². The van der Waals surface area contributed by atoms with E-state index in [4.69, 9.17) is 4.42 Å². The number of furan rings is 1. The molecule has 1 aromatic heterocycles. The summed E-state index contributed by atoms with van der Waals surface area (Å²) in [5.74, 6) is 0. The second-order valence-corrected chi connectivity index (χ2v) is 2.80. The molecule has 1 heterocycles. The molecule has 2 aromatic rings. The minimum absolute atomic E-state index is 1.09. The molecule has 0 spiro atoms. The Labute approximate surface area is 77.3 Å². The van der Waals surface area contributed by atoms with Gasteiger partial charge in [0.2, 0.25) is 0 Å². The van der Waals surface area contributed by atoms with Crippen LogP contribution in [0.2, 0.25) is 0 Å². The van der Waals surface area contributed by atoms with E-state index in [9.17, 15) is 0 Å². The molecule has 2 rings (SSSR count). The second-order valence-electron chi connectivity index (χ2n) is 2.80. The fraction of sp³-hybridized carbons (Fsp3) is 0. The molecule has 1 nitrogen and oxygen atoms in total. The van der Waals surface area contributed by atoms with E-state index in [1.807, 2.05) is 30.3 Å². The molecular weight excluding hydrogens is 160 g/mol. The van der Waals surface area contributed by atoms with Crippen LogP contribution in [0.1, 0.15) is 5.56 Å². The Morgan fingerprint density at radius 2 is 2.00 bits per heavy atom. The van der Waals surface area contributed by atoms with Crippen LogP contribution in [-0.4, -0.2) is 0 Å². The zero-order valence-electron chi connectivity index (χ0n) is 7.23. The molecule has 0 bridgehead atoms. The molecule has 0 aliphatic rings. The van der Waals surface area contributed by atoms with Gasteiger partial charge in [0, 0.05) is 5.56 Å². The van der Waals surface area contributed by atoms with Gasteiger partial charge in [-0.3, -0.25) is 0 Å². The summed E-state index contributed by atoms with van der Waals surface area (Å²) in [7, 11) is 0. The number of hydrogen-bond acceptors (Lipinski definition) is 1. The van der Waals surface area contributed by atoms with E-state index in [2.05, 4.69) is 12.6 Å². The largest absolute Gasteiger partial charge is 0.472 e. The molecule has 13 heavy (non-hydrogen) atoms. The highest BCUT2D eigenvalue weighted by Gasteiger charge is 2.01. The van der Waals surface area contributed by atoms with Crippen LogP contribution >= 0.6 is 0 Å². The predicted molar refractivity (Wildman–Crippen MR) is 54.2 cm³/mol. The fourth-order valence-electron chi connectivity index (χ4n) is 1.36. The summed E-state index contributed by atoms with van der Waals surface area (Å²) < 4.78 is 5.03. The molecule has 0 fully saturated rings. The third-order valence-electron chi connectivity index (χ3n) is 2.01. The van der Waals surface area contributed by atoms with Gasteiger partial charge in [-0.05, 0) is 17.2 Å². The molecule has 0 amide bonds. The maximum absolute atomic E-state index is 5.03. The highest BCUT2D eigenvalue weighted by molar-refractivity contribution is 5.73. The minimum Gasteiger partial charge on any atom is -0.472 e. The lowest BCUT2D eigenvalue weighted by atomic mass is 10.0. The van der Waals surface area contributed by atoms with Gasteiger partial charge in [-0.15, -0.1) is 0 Å². The Morgan fingerprint density at radius 3 is 2.69 bits per heavy atom. The summed E-state index contributed by atoms with van der Waals surface area (Å²) in [6, 6.07) is 10.1. The van der Waals surface area contributed by atoms with Crippen LogP contribution < -0.4 is 0 Å². The molecule has 0 saturated carbocycles. The van der Waals surface area contributed by atoms with Crippen LogP contribution in [0.3, 0.4) is 0 Å². The topological polar surface area (TPSA) is 13.1 Å². The Morgan fingerprint density at radius 1 is 1.15 bits per heavy atom. The van der Waals surface area contributed by atoms with Gasteiger partial charge in [0.1, 0.15) is 0 Å². The fourth-order valence-corrected chi connectivity index (χ4v) is 1.36. The van der Waals surface area contributed by atoms with Crippen molar-refractivity contribution >= 4 is 6.08 Å². The smallest absolute Gasteiger partial charge is 0.0981 e. The predicted octanol–water partition coefficient (Wildman–Crippen LogP) is 3.59. The van der Waals surface area contributed by atoms with Crippen molar-refractivity contribution in [1.29, 1.82) is 0 Å². The molecule has 1 heteroatoms. The molecule has 0 aliphatic carbocycles. The van der Waals surface area contributed by atoms with E-state index in [-0.39, 0.29) is 0 Å². The maximum Gasteiger partial charge on any atom is 0.0981 e. The van der Waals surface area contributed by atoms with Crippen LogP contribution in [-0.2, 0) is 0 Å². The van der Waals surface area contributed by atoms with Crippen molar-refractivity contribution in [2.24, 2.45) is 0 Å². The minimum atomic E-state index is 1.09. The SMILES string of the molecule is C=Cc1ccccc1-c1ccoc1. The van der Waals surface area contributed by atoms with Crippen LogP contribution in [0.4, 0.5) is 0 Å². The van der Waals surface area contributed by atoms with Crippen molar-refractivity contribution in [2.75, 3.05) is 0 Å². The van der Waals surface area contributed by atoms with E-state index in [0.29, 0.717) is 0 Å². The van der Waals surface area contributed by atoms with E-state index >= 15 is 0 Å². The lowest BCUT2D eigenvalue weighted by Crippen LogP contribution is -1.78. The number of rotatable bonds is 2. The Bertz CT molecular complexity index is 399. The van der Waals surface area contributed by atoms with E-state index < -0.39 is 0 Å². The molecular formula is C12H10O. The lowest BCUT2D eigenvalue weighted by molar-refractivity contribution is 0.568. The Kier molecular flexibility index (Phi) is 2.01. The first-order chi connectivity index (χ1) is 6.42. The van der Waals surface area contributed by atoms with Gasteiger partial charge in [-0.2, -0.15) is 0 Å². The standard InChI is InChI=1S/C12H10O/c1-2-10-5-3-4-6-12(10)11-7-8-13-9-11/h2-9H,1H2. The lowest BCUT2D eigenvalue weighted by Gasteiger charge is -2.01. The average molecular weight is 170 g/mol. The molecule has 0 aliphatic heterocycles. The monoisotopic (exact) mass is 170 g/mol. The first-order valence-corrected chi connectivity index (χ1v) is 4.16. The molecule has 64 valence electrons. The molecule has 0 saturated heterocycles.